The van der Waals surface area contributed by atoms with E-state index in [0.717, 1.165) is 5.56 Å². The fraction of sp³-hybridized carbons (Fsp3) is 0.409. The van der Waals surface area contributed by atoms with Gasteiger partial charge in [0.15, 0.2) is 0 Å². The maximum Gasteiger partial charge on any atom is 0.243 e. The maximum absolute atomic E-state index is 13.1. The molecule has 1 amide bonds. The predicted octanol–water partition coefficient (Wildman–Crippen LogP) is 3.38. The Morgan fingerprint density at radius 3 is 2.48 bits per heavy atom. The number of rotatable bonds is 8. The number of primary amides is 1. The molecule has 2 aromatic carbocycles. The Labute approximate surface area is 188 Å². The van der Waals surface area contributed by atoms with E-state index in [1.807, 2.05) is 13.0 Å². The molecule has 0 aliphatic carbocycles. The molecule has 3 rings (SSSR count). The number of methoxy groups -OCH3 is 1. The molecule has 1 aliphatic rings. The van der Waals surface area contributed by atoms with Crippen molar-refractivity contribution in [3.8, 4) is 11.5 Å². The van der Waals surface area contributed by atoms with Gasteiger partial charge in [-0.2, -0.15) is 4.31 Å². The lowest BCUT2D eigenvalue weighted by Gasteiger charge is -2.40. The molecule has 168 valence electrons. The molecule has 0 radical (unpaired) electrons. The molecule has 1 aliphatic heterocycles. The quantitative estimate of drug-likeness (QED) is 0.642. The number of carbonyl (C=O) groups is 1. The molecular formula is C22H27ClN2O5S. The zero-order chi connectivity index (χ0) is 22.6. The smallest absolute Gasteiger partial charge is 0.243 e. The van der Waals surface area contributed by atoms with Crippen LogP contribution >= 0.6 is 11.6 Å². The van der Waals surface area contributed by atoms with E-state index in [2.05, 4.69) is 0 Å². The summed E-state index contributed by atoms with van der Waals surface area (Å²) in [5, 5.41) is 0.648. The van der Waals surface area contributed by atoms with Gasteiger partial charge in [0.2, 0.25) is 15.9 Å². The lowest BCUT2D eigenvalue weighted by molar-refractivity contribution is -0.121. The summed E-state index contributed by atoms with van der Waals surface area (Å²) in [4.78, 5) is 11.9. The Bertz CT molecular complexity index is 1050. The first-order valence-electron chi connectivity index (χ1n) is 9.97. The van der Waals surface area contributed by atoms with Crippen LogP contribution in [0.1, 0.15) is 24.8 Å². The highest BCUT2D eigenvalue weighted by atomic mass is 35.5. The normalized spacial score (nSPS) is 16.6. The number of ether oxygens (including phenoxy) is 2. The number of piperidine rings is 1. The number of benzene rings is 2. The molecule has 2 aromatic rings. The molecule has 0 aromatic heterocycles. The minimum absolute atomic E-state index is 0.132. The third-order valence-electron chi connectivity index (χ3n) is 5.69. The van der Waals surface area contributed by atoms with Crippen molar-refractivity contribution in [3.05, 3.63) is 53.1 Å². The topological polar surface area (TPSA) is 98.9 Å². The number of carbonyl (C=O) groups excluding carboxylic acids is 1. The molecule has 0 saturated carbocycles. The van der Waals surface area contributed by atoms with E-state index >= 15 is 0 Å². The van der Waals surface area contributed by atoms with Gasteiger partial charge >= 0.3 is 0 Å². The van der Waals surface area contributed by atoms with Crippen LogP contribution in [0.3, 0.4) is 0 Å². The first kappa shape index (κ1) is 23.4. The van der Waals surface area contributed by atoms with Gasteiger partial charge in [0, 0.05) is 36.0 Å². The Balaban J connectivity index is 1.73. The number of hydrogen-bond acceptors (Lipinski definition) is 5. The third kappa shape index (κ3) is 5.50. The second-order valence-electron chi connectivity index (χ2n) is 7.93. The Kier molecular flexibility index (Phi) is 7.13. The van der Waals surface area contributed by atoms with E-state index in [-0.39, 0.29) is 31.0 Å². The van der Waals surface area contributed by atoms with Gasteiger partial charge in [-0.15, -0.1) is 0 Å². The summed E-state index contributed by atoms with van der Waals surface area (Å²) in [6.45, 7) is 2.70. The van der Waals surface area contributed by atoms with Gasteiger partial charge in [-0.25, -0.2) is 8.42 Å². The average molecular weight is 467 g/mol. The molecule has 1 saturated heterocycles. The van der Waals surface area contributed by atoms with Gasteiger partial charge in [0.25, 0.3) is 0 Å². The summed E-state index contributed by atoms with van der Waals surface area (Å²) in [5.41, 5.74) is 5.87. The average Bonchev–Trinajstić information content (AvgIpc) is 2.74. The van der Waals surface area contributed by atoms with Crippen molar-refractivity contribution in [1.82, 2.24) is 4.31 Å². The van der Waals surface area contributed by atoms with Crippen molar-refractivity contribution >= 4 is 27.5 Å². The molecule has 0 unspecified atom stereocenters. The zero-order valence-corrected chi connectivity index (χ0v) is 19.2. The number of nitrogens with zero attached hydrogens (tertiary/aromatic N) is 1. The zero-order valence-electron chi connectivity index (χ0n) is 17.6. The highest BCUT2D eigenvalue weighted by molar-refractivity contribution is 7.89. The van der Waals surface area contributed by atoms with Gasteiger partial charge in [0.1, 0.15) is 11.5 Å². The first-order valence-corrected chi connectivity index (χ1v) is 11.8. The van der Waals surface area contributed by atoms with Crippen LogP contribution in [0, 0.1) is 12.3 Å². The largest absolute Gasteiger partial charge is 0.497 e. The molecule has 0 spiro atoms. The molecule has 7 nitrogen and oxygen atoms in total. The van der Waals surface area contributed by atoms with Crippen molar-refractivity contribution in [1.29, 1.82) is 0 Å². The highest BCUT2D eigenvalue weighted by Crippen LogP contribution is 2.38. The molecule has 1 fully saturated rings. The number of sulfonamides is 1. The van der Waals surface area contributed by atoms with Gasteiger partial charge in [0.05, 0.1) is 18.6 Å². The van der Waals surface area contributed by atoms with E-state index in [9.17, 15) is 13.2 Å². The molecule has 0 bridgehead atoms. The summed E-state index contributed by atoms with van der Waals surface area (Å²) in [5.74, 6) is 0.699. The maximum atomic E-state index is 13.1. The molecular weight excluding hydrogens is 440 g/mol. The van der Waals surface area contributed by atoms with Crippen molar-refractivity contribution in [2.75, 3.05) is 26.8 Å². The Morgan fingerprint density at radius 2 is 1.87 bits per heavy atom. The minimum Gasteiger partial charge on any atom is -0.497 e. The first-order chi connectivity index (χ1) is 14.6. The fourth-order valence-electron chi connectivity index (χ4n) is 3.80. The van der Waals surface area contributed by atoms with Gasteiger partial charge in [-0.05, 0) is 55.7 Å². The van der Waals surface area contributed by atoms with E-state index in [0.29, 0.717) is 29.4 Å². The Morgan fingerprint density at radius 1 is 1.16 bits per heavy atom. The van der Waals surface area contributed by atoms with Crippen molar-refractivity contribution in [2.45, 2.75) is 31.1 Å². The monoisotopic (exact) mass is 466 g/mol. The number of nitrogens with two attached hydrogens (primary N) is 1. The third-order valence-corrected chi connectivity index (χ3v) is 8.00. The van der Waals surface area contributed by atoms with Crippen LogP contribution in [0.25, 0.3) is 0 Å². The predicted molar refractivity (Wildman–Crippen MR) is 119 cm³/mol. The van der Waals surface area contributed by atoms with Crippen LogP contribution in [0.5, 0.6) is 11.5 Å². The number of amides is 1. The highest BCUT2D eigenvalue weighted by Gasteiger charge is 2.40. The molecule has 9 heteroatoms. The van der Waals surface area contributed by atoms with Crippen LogP contribution < -0.4 is 15.2 Å². The van der Waals surface area contributed by atoms with Crippen molar-refractivity contribution in [3.63, 3.8) is 0 Å². The van der Waals surface area contributed by atoms with Gasteiger partial charge < -0.3 is 15.2 Å². The summed E-state index contributed by atoms with van der Waals surface area (Å²) >= 11 is 6.07. The second-order valence-corrected chi connectivity index (χ2v) is 10.3. The molecule has 31 heavy (non-hydrogen) atoms. The van der Waals surface area contributed by atoms with E-state index in [1.54, 1.807) is 30.3 Å². The fourth-order valence-corrected chi connectivity index (χ4v) is 5.39. The lowest BCUT2D eigenvalue weighted by atomic mass is 9.76. The summed E-state index contributed by atoms with van der Waals surface area (Å²) < 4.78 is 38.7. The minimum atomic E-state index is -3.67. The summed E-state index contributed by atoms with van der Waals surface area (Å²) in [6.07, 6.45) is 1.06. The second kappa shape index (κ2) is 9.46. The lowest BCUT2D eigenvalue weighted by Crippen LogP contribution is -2.47. The van der Waals surface area contributed by atoms with Gasteiger partial charge in [-0.3, -0.25) is 4.79 Å². The molecule has 1 heterocycles. The number of halogens is 1. The number of aryl methyl sites for hydroxylation is 1. The van der Waals surface area contributed by atoms with Crippen LogP contribution in [-0.2, 0) is 14.8 Å². The van der Waals surface area contributed by atoms with Crippen LogP contribution in [0.15, 0.2) is 47.4 Å². The summed E-state index contributed by atoms with van der Waals surface area (Å²) in [6, 6.07) is 11.8. The van der Waals surface area contributed by atoms with E-state index in [1.165, 1.54) is 17.5 Å². The molecule has 2 N–H and O–H groups in total. The SMILES string of the molecule is COc1cccc(S(=O)(=O)N2CCC(COc3ccc(Cl)c(C)c3)(CC(N)=O)CC2)c1. The van der Waals surface area contributed by atoms with Crippen molar-refractivity contribution in [2.24, 2.45) is 11.1 Å². The van der Waals surface area contributed by atoms with Gasteiger partial charge in [-0.1, -0.05) is 17.7 Å². The van der Waals surface area contributed by atoms with Crippen LogP contribution in [0.2, 0.25) is 5.02 Å². The van der Waals surface area contributed by atoms with E-state index in [4.69, 9.17) is 26.8 Å². The van der Waals surface area contributed by atoms with Crippen LogP contribution in [-0.4, -0.2) is 45.4 Å². The molecule has 0 atom stereocenters. The summed E-state index contributed by atoms with van der Waals surface area (Å²) in [7, 11) is -2.18. The standard InChI is InChI=1S/C22H27ClN2O5S/c1-16-12-18(6-7-20(16)23)30-15-22(14-21(24)26)8-10-25(11-9-22)31(27,28)19-5-3-4-17(13-19)29-2/h3-7,12-13H,8-11,14-15H2,1-2H3,(H2,24,26). The van der Waals surface area contributed by atoms with Crippen LogP contribution in [0.4, 0.5) is 0 Å². The van der Waals surface area contributed by atoms with E-state index < -0.39 is 21.3 Å². The van der Waals surface area contributed by atoms with Crippen molar-refractivity contribution < 1.29 is 22.7 Å². The number of hydrogen-bond donors (Lipinski definition) is 1. The Hall–Kier alpha value is -2.29.